The Labute approximate surface area is 106 Å². The molecule has 0 aliphatic heterocycles. The molecular weight excluding hydrogens is 234 g/mol. The van der Waals surface area contributed by atoms with Crippen molar-refractivity contribution in [1.29, 1.82) is 0 Å². The van der Waals surface area contributed by atoms with Gasteiger partial charge in [0.05, 0.1) is 5.56 Å². The van der Waals surface area contributed by atoms with Crippen LogP contribution in [0.5, 0.6) is 0 Å². The fraction of sp³-hybridized carbons (Fsp3) is 0.385. The first-order valence-electron chi connectivity index (χ1n) is 5.53. The minimum Gasteiger partial charge on any atom is -0.478 e. The maximum absolute atomic E-state index is 11.6. The smallest absolute Gasteiger partial charge is 0.412 e. The number of nitrogens with one attached hydrogen (secondary N) is 1. The fourth-order valence-electron chi connectivity index (χ4n) is 1.42. The molecule has 1 aromatic rings. The summed E-state index contributed by atoms with van der Waals surface area (Å²) in [5, 5.41) is 11.5. The Balaban J connectivity index is 2.89. The number of carboxylic acids is 1. The van der Waals surface area contributed by atoms with E-state index in [1.54, 1.807) is 39.8 Å². The van der Waals surface area contributed by atoms with Crippen LogP contribution in [0.3, 0.4) is 0 Å². The van der Waals surface area contributed by atoms with Crippen LogP contribution in [0.2, 0.25) is 0 Å². The molecule has 0 bridgehead atoms. The minimum atomic E-state index is -1.03. The van der Waals surface area contributed by atoms with Crippen molar-refractivity contribution in [2.75, 3.05) is 5.32 Å². The maximum atomic E-state index is 11.6. The molecule has 0 heterocycles. The number of anilines is 1. The van der Waals surface area contributed by atoms with Crippen molar-refractivity contribution in [2.45, 2.75) is 33.3 Å². The average Bonchev–Trinajstić information content (AvgIpc) is 2.17. The van der Waals surface area contributed by atoms with Gasteiger partial charge in [-0.25, -0.2) is 9.59 Å². The van der Waals surface area contributed by atoms with E-state index >= 15 is 0 Å². The minimum absolute atomic E-state index is 0.156. The SMILES string of the molecule is Cc1c(NC(=O)OC(C)(C)C)cccc1C(=O)O. The van der Waals surface area contributed by atoms with Crippen LogP contribution in [0.1, 0.15) is 36.7 Å². The van der Waals surface area contributed by atoms with Crippen molar-refractivity contribution in [1.82, 2.24) is 0 Å². The summed E-state index contributed by atoms with van der Waals surface area (Å²) in [4.78, 5) is 22.5. The summed E-state index contributed by atoms with van der Waals surface area (Å²) in [5.41, 5.74) is 0.492. The highest BCUT2D eigenvalue weighted by Gasteiger charge is 2.18. The second kappa shape index (κ2) is 5.08. The lowest BCUT2D eigenvalue weighted by atomic mass is 10.1. The van der Waals surface area contributed by atoms with Gasteiger partial charge in [0.1, 0.15) is 5.60 Å². The lowest BCUT2D eigenvalue weighted by Crippen LogP contribution is -2.27. The van der Waals surface area contributed by atoms with Crippen LogP contribution >= 0.6 is 0 Å². The highest BCUT2D eigenvalue weighted by atomic mass is 16.6. The van der Waals surface area contributed by atoms with E-state index in [1.165, 1.54) is 6.07 Å². The number of carbonyl (C=O) groups is 2. The number of ether oxygens (including phenoxy) is 1. The normalized spacial score (nSPS) is 10.9. The molecule has 0 saturated carbocycles. The van der Waals surface area contributed by atoms with Crippen LogP contribution in [-0.4, -0.2) is 22.8 Å². The monoisotopic (exact) mass is 251 g/mol. The Bertz CT molecular complexity index is 474. The van der Waals surface area contributed by atoms with Gasteiger partial charge in [-0.15, -0.1) is 0 Å². The quantitative estimate of drug-likeness (QED) is 0.847. The number of carbonyl (C=O) groups excluding carboxylic acids is 1. The summed E-state index contributed by atoms with van der Waals surface area (Å²) >= 11 is 0. The molecule has 0 spiro atoms. The molecule has 0 atom stereocenters. The summed E-state index contributed by atoms with van der Waals surface area (Å²) < 4.78 is 5.10. The van der Waals surface area contributed by atoms with E-state index in [-0.39, 0.29) is 5.56 Å². The van der Waals surface area contributed by atoms with E-state index in [0.29, 0.717) is 11.3 Å². The van der Waals surface area contributed by atoms with Gasteiger partial charge in [-0.05, 0) is 45.4 Å². The molecule has 1 aromatic carbocycles. The zero-order valence-corrected chi connectivity index (χ0v) is 10.9. The van der Waals surface area contributed by atoms with E-state index in [1.807, 2.05) is 0 Å². The second-order valence-corrected chi connectivity index (χ2v) is 4.91. The predicted octanol–water partition coefficient (Wildman–Crippen LogP) is 3.04. The van der Waals surface area contributed by atoms with Gasteiger partial charge >= 0.3 is 12.1 Å². The fourth-order valence-corrected chi connectivity index (χ4v) is 1.42. The molecule has 0 aliphatic carbocycles. The Morgan fingerprint density at radius 3 is 2.39 bits per heavy atom. The first-order chi connectivity index (χ1) is 8.20. The van der Waals surface area contributed by atoms with Crippen molar-refractivity contribution in [3.63, 3.8) is 0 Å². The molecule has 18 heavy (non-hydrogen) atoms. The molecule has 1 rings (SSSR count). The number of carboxylic acid groups (broad SMARTS) is 1. The number of aromatic carboxylic acids is 1. The third-order valence-corrected chi connectivity index (χ3v) is 2.20. The van der Waals surface area contributed by atoms with Crippen molar-refractivity contribution < 1.29 is 19.4 Å². The van der Waals surface area contributed by atoms with Crippen molar-refractivity contribution in [3.8, 4) is 0 Å². The molecule has 0 fully saturated rings. The third-order valence-electron chi connectivity index (χ3n) is 2.20. The standard InChI is InChI=1S/C13H17NO4/c1-8-9(11(15)16)6-5-7-10(8)14-12(17)18-13(2,3)4/h5-7H,1-4H3,(H,14,17)(H,15,16). The lowest BCUT2D eigenvalue weighted by molar-refractivity contribution is 0.0632. The van der Waals surface area contributed by atoms with E-state index < -0.39 is 17.7 Å². The van der Waals surface area contributed by atoms with E-state index in [0.717, 1.165) is 0 Å². The van der Waals surface area contributed by atoms with Crippen molar-refractivity contribution in [3.05, 3.63) is 29.3 Å². The first kappa shape index (κ1) is 14.0. The molecule has 0 saturated heterocycles. The molecule has 0 aliphatic rings. The summed E-state index contributed by atoms with van der Waals surface area (Å²) in [6, 6.07) is 4.69. The molecule has 98 valence electrons. The highest BCUT2D eigenvalue weighted by Crippen LogP contribution is 2.20. The second-order valence-electron chi connectivity index (χ2n) is 4.91. The van der Waals surface area contributed by atoms with Gasteiger partial charge in [-0.1, -0.05) is 6.07 Å². The largest absolute Gasteiger partial charge is 0.478 e. The molecular formula is C13H17NO4. The zero-order chi connectivity index (χ0) is 13.9. The number of hydrogen-bond donors (Lipinski definition) is 2. The number of rotatable bonds is 2. The van der Waals surface area contributed by atoms with Crippen LogP contribution in [0, 0.1) is 6.92 Å². The lowest BCUT2D eigenvalue weighted by Gasteiger charge is -2.20. The third kappa shape index (κ3) is 3.76. The first-order valence-corrected chi connectivity index (χ1v) is 5.53. The van der Waals surface area contributed by atoms with Gasteiger partial charge in [0.15, 0.2) is 0 Å². The van der Waals surface area contributed by atoms with Gasteiger partial charge < -0.3 is 9.84 Å². The van der Waals surface area contributed by atoms with Crippen LogP contribution in [0.25, 0.3) is 0 Å². The topological polar surface area (TPSA) is 75.6 Å². The Morgan fingerprint density at radius 1 is 1.28 bits per heavy atom. The molecule has 1 amide bonds. The van der Waals surface area contributed by atoms with Gasteiger partial charge in [0, 0.05) is 5.69 Å². The van der Waals surface area contributed by atoms with Gasteiger partial charge in [0.2, 0.25) is 0 Å². The number of benzene rings is 1. The molecule has 2 N–H and O–H groups in total. The van der Waals surface area contributed by atoms with Crippen molar-refractivity contribution in [2.24, 2.45) is 0 Å². The van der Waals surface area contributed by atoms with E-state index in [2.05, 4.69) is 5.32 Å². The zero-order valence-electron chi connectivity index (χ0n) is 10.9. The summed E-state index contributed by atoms with van der Waals surface area (Å²) in [6.45, 7) is 6.91. The van der Waals surface area contributed by atoms with E-state index in [4.69, 9.17) is 9.84 Å². The van der Waals surface area contributed by atoms with Gasteiger partial charge in [-0.3, -0.25) is 5.32 Å². The van der Waals surface area contributed by atoms with E-state index in [9.17, 15) is 9.59 Å². The molecule has 0 aromatic heterocycles. The van der Waals surface area contributed by atoms with Crippen LogP contribution in [0.15, 0.2) is 18.2 Å². The summed E-state index contributed by atoms with van der Waals surface area (Å²) in [5.74, 6) is -1.03. The summed E-state index contributed by atoms with van der Waals surface area (Å²) in [7, 11) is 0. The molecule has 0 radical (unpaired) electrons. The van der Waals surface area contributed by atoms with Crippen LogP contribution < -0.4 is 5.32 Å². The van der Waals surface area contributed by atoms with Crippen molar-refractivity contribution >= 4 is 17.7 Å². The van der Waals surface area contributed by atoms with Crippen LogP contribution in [-0.2, 0) is 4.74 Å². The molecule has 5 heteroatoms. The highest BCUT2D eigenvalue weighted by molar-refractivity contribution is 5.94. The van der Waals surface area contributed by atoms with Crippen LogP contribution in [0.4, 0.5) is 10.5 Å². The molecule has 5 nitrogen and oxygen atoms in total. The Morgan fingerprint density at radius 2 is 1.89 bits per heavy atom. The van der Waals surface area contributed by atoms with Gasteiger partial charge in [-0.2, -0.15) is 0 Å². The number of hydrogen-bond acceptors (Lipinski definition) is 3. The van der Waals surface area contributed by atoms with Gasteiger partial charge in [0.25, 0.3) is 0 Å². The average molecular weight is 251 g/mol. The maximum Gasteiger partial charge on any atom is 0.412 e. The predicted molar refractivity (Wildman–Crippen MR) is 68.0 cm³/mol. The molecule has 0 unspecified atom stereocenters. The number of amides is 1. The Kier molecular flexibility index (Phi) is 3.96. The summed E-state index contributed by atoms with van der Waals surface area (Å²) in [6.07, 6.45) is -0.604. The Hall–Kier alpha value is -2.04.